The minimum atomic E-state index is -0.429. The fourth-order valence-electron chi connectivity index (χ4n) is 1.66. The van der Waals surface area contributed by atoms with E-state index >= 15 is 0 Å². The van der Waals surface area contributed by atoms with Gasteiger partial charge in [-0.1, -0.05) is 12.1 Å². The Balaban J connectivity index is 1.91. The molecule has 0 radical (unpaired) electrons. The highest BCUT2D eigenvalue weighted by molar-refractivity contribution is 5.91. The van der Waals surface area contributed by atoms with Gasteiger partial charge in [0.05, 0.1) is 19.0 Å². The molecule has 6 heteroatoms. The number of aromatic nitrogens is 1. The maximum Gasteiger partial charge on any atom is 0.339 e. The first kappa shape index (κ1) is 13.7. The minimum Gasteiger partial charge on any atom is -0.495 e. The predicted octanol–water partition coefficient (Wildman–Crippen LogP) is 2.19. The van der Waals surface area contributed by atoms with Gasteiger partial charge in [0.15, 0.2) is 0 Å². The van der Waals surface area contributed by atoms with Crippen LogP contribution in [0.5, 0.6) is 5.75 Å². The molecule has 1 heterocycles. The molecule has 0 fully saturated rings. The summed E-state index contributed by atoms with van der Waals surface area (Å²) in [6, 6.07) is 8.62. The van der Waals surface area contributed by atoms with Crippen molar-refractivity contribution in [1.29, 1.82) is 0 Å². The van der Waals surface area contributed by atoms with Crippen molar-refractivity contribution in [3.05, 3.63) is 48.3 Å². The summed E-state index contributed by atoms with van der Waals surface area (Å²) < 4.78 is 7.04. The van der Waals surface area contributed by atoms with E-state index < -0.39 is 6.03 Å². The van der Waals surface area contributed by atoms with E-state index in [2.05, 4.69) is 15.8 Å². The second-order valence-electron chi connectivity index (χ2n) is 4.13. The second kappa shape index (κ2) is 6.42. The van der Waals surface area contributed by atoms with Crippen LogP contribution in [-0.4, -0.2) is 23.9 Å². The number of nitrogens with one attached hydrogen (secondary N) is 2. The van der Waals surface area contributed by atoms with E-state index in [1.54, 1.807) is 25.5 Å². The van der Waals surface area contributed by atoms with Crippen molar-refractivity contribution in [2.75, 3.05) is 12.4 Å². The van der Waals surface area contributed by atoms with Gasteiger partial charge in [0.25, 0.3) is 0 Å². The molecule has 104 valence electrons. The molecular weight excluding hydrogens is 256 g/mol. The Morgan fingerprint density at radius 3 is 2.85 bits per heavy atom. The molecule has 6 nitrogen and oxygen atoms in total. The number of para-hydroxylation sites is 2. The van der Waals surface area contributed by atoms with E-state index in [9.17, 15) is 4.79 Å². The van der Waals surface area contributed by atoms with Gasteiger partial charge in [-0.05, 0) is 18.2 Å². The average Bonchev–Trinajstić information content (AvgIpc) is 2.85. The zero-order valence-corrected chi connectivity index (χ0v) is 11.3. The van der Waals surface area contributed by atoms with Crippen LogP contribution in [0.2, 0.25) is 0 Å². The number of hydrogen-bond donors (Lipinski definition) is 2. The number of rotatable bonds is 4. The number of hydrogen-bond acceptors (Lipinski definition) is 3. The van der Waals surface area contributed by atoms with Crippen molar-refractivity contribution < 1.29 is 9.53 Å². The molecule has 0 bridgehead atoms. The van der Waals surface area contributed by atoms with Gasteiger partial charge in [-0.2, -0.15) is 5.10 Å². The van der Waals surface area contributed by atoms with Crippen molar-refractivity contribution in [2.45, 2.75) is 0 Å². The maximum atomic E-state index is 11.7. The Morgan fingerprint density at radius 2 is 2.15 bits per heavy atom. The fraction of sp³-hybridized carbons (Fsp3) is 0.143. The van der Waals surface area contributed by atoms with Crippen molar-refractivity contribution >= 4 is 17.9 Å². The Kier molecular flexibility index (Phi) is 4.39. The van der Waals surface area contributed by atoms with Crippen molar-refractivity contribution in [3.8, 4) is 5.75 Å². The Morgan fingerprint density at radius 1 is 1.35 bits per heavy atom. The van der Waals surface area contributed by atoms with Crippen molar-refractivity contribution in [2.24, 2.45) is 12.1 Å². The summed E-state index contributed by atoms with van der Waals surface area (Å²) in [4.78, 5) is 11.7. The fourth-order valence-corrected chi connectivity index (χ4v) is 1.66. The lowest BCUT2D eigenvalue weighted by Crippen LogP contribution is -2.24. The van der Waals surface area contributed by atoms with Crippen molar-refractivity contribution in [1.82, 2.24) is 9.99 Å². The molecule has 0 saturated heterocycles. The van der Waals surface area contributed by atoms with E-state index in [1.165, 1.54) is 0 Å². The summed E-state index contributed by atoms with van der Waals surface area (Å²) in [7, 11) is 3.46. The second-order valence-corrected chi connectivity index (χ2v) is 4.13. The molecule has 1 aromatic heterocycles. The summed E-state index contributed by atoms with van der Waals surface area (Å²) >= 11 is 0. The topological polar surface area (TPSA) is 67.7 Å². The van der Waals surface area contributed by atoms with E-state index in [1.807, 2.05) is 42.2 Å². The van der Waals surface area contributed by atoms with Crippen LogP contribution in [0.1, 0.15) is 5.56 Å². The zero-order chi connectivity index (χ0) is 14.4. The van der Waals surface area contributed by atoms with Gasteiger partial charge in [-0.3, -0.25) is 0 Å². The molecule has 0 spiro atoms. The number of benzene rings is 1. The normalized spacial score (nSPS) is 10.5. The lowest BCUT2D eigenvalue weighted by atomic mass is 10.3. The molecule has 0 aliphatic heterocycles. The van der Waals surface area contributed by atoms with Crippen molar-refractivity contribution in [3.63, 3.8) is 0 Å². The number of urea groups is 1. The van der Waals surface area contributed by atoms with Gasteiger partial charge in [-0.15, -0.1) is 0 Å². The molecule has 1 aromatic carbocycles. The highest BCUT2D eigenvalue weighted by Gasteiger charge is 2.04. The Hall–Kier alpha value is -2.76. The standard InChI is InChI=1S/C14H16N4O2/c1-18-8-7-11(10-18)9-15-17-14(19)16-12-5-3-4-6-13(12)20-2/h3-10H,1-2H3,(H2,16,17,19)/b15-9+. The van der Waals surface area contributed by atoms with E-state index in [0.717, 1.165) is 5.56 Å². The number of aryl methyl sites for hydroxylation is 1. The molecule has 2 amide bonds. The summed E-state index contributed by atoms with van der Waals surface area (Å²) in [5.74, 6) is 0.592. The SMILES string of the molecule is COc1ccccc1NC(=O)N/N=C/c1ccn(C)c1. The van der Waals surface area contributed by atoms with Crippen LogP contribution in [0.3, 0.4) is 0 Å². The van der Waals surface area contributed by atoms with Gasteiger partial charge in [-0.25, -0.2) is 10.2 Å². The van der Waals surface area contributed by atoms with Gasteiger partial charge in [0.2, 0.25) is 0 Å². The number of amides is 2. The van der Waals surface area contributed by atoms with E-state index in [4.69, 9.17) is 4.74 Å². The largest absolute Gasteiger partial charge is 0.495 e. The lowest BCUT2D eigenvalue weighted by Gasteiger charge is -2.08. The van der Waals surface area contributed by atoms with Gasteiger partial charge in [0.1, 0.15) is 5.75 Å². The third-order valence-corrected chi connectivity index (χ3v) is 2.59. The summed E-state index contributed by atoms with van der Waals surface area (Å²) in [5.41, 5.74) is 3.89. The predicted molar refractivity (Wildman–Crippen MR) is 78.2 cm³/mol. The van der Waals surface area contributed by atoms with Crippen LogP contribution in [-0.2, 0) is 7.05 Å². The summed E-state index contributed by atoms with van der Waals surface area (Å²) in [6.45, 7) is 0. The third-order valence-electron chi connectivity index (χ3n) is 2.59. The number of methoxy groups -OCH3 is 1. The summed E-state index contributed by atoms with van der Waals surface area (Å²) in [5, 5.41) is 6.52. The molecule has 2 N–H and O–H groups in total. The third kappa shape index (κ3) is 3.61. The highest BCUT2D eigenvalue weighted by atomic mass is 16.5. The van der Waals surface area contributed by atoms with Crippen LogP contribution < -0.4 is 15.5 Å². The molecule has 20 heavy (non-hydrogen) atoms. The molecule has 0 aliphatic rings. The molecular formula is C14H16N4O2. The van der Waals surface area contributed by atoms with Crippen LogP contribution in [0, 0.1) is 0 Å². The Labute approximate surface area is 117 Å². The smallest absolute Gasteiger partial charge is 0.339 e. The maximum absolute atomic E-state index is 11.7. The van der Waals surface area contributed by atoms with Crippen LogP contribution in [0.4, 0.5) is 10.5 Å². The van der Waals surface area contributed by atoms with Crippen LogP contribution >= 0.6 is 0 Å². The van der Waals surface area contributed by atoms with Gasteiger partial charge < -0.3 is 14.6 Å². The minimum absolute atomic E-state index is 0.429. The average molecular weight is 272 g/mol. The molecule has 2 aromatic rings. The molecule has 0 aliphatic carbocycles. The number of carbonyl (C=O) groups is 1. The molecule has 2 rings (SSSR count). The number of anilines is 1. The zero-order valence-electron chi connectivity index (χ0n) is 11.3. The van der Waals surface area contributed by atoms with Gasteiger partial charge in [0, 0.05) is 25.0 Å². The first-order chi connectivity index (χ1) is 9.69. The number of hydrazone groups is 1. The monoisotopic (exact) mass is 272 g/mol. The molecule has 0 atom stereocenters. The van der Waals surface area contributed by atoms with Gasteiger partial charge >= 0.3 is 6.03 Å². The molecule has 0 unspecified atom stereocenters. The first-order valence-corrected chi connectivity index (χ1v) is 6.04. The number of carbonyl (C=O) groups excluding carboxylic acids is 1. The van der Waals surface area contributed by atoms with E-state index in [-0.39, 0.29) is 0 Å². The quantitative estimate of drug-likeness (QED) is 0.661. The number of nitrogens with zero attached hydrogens (tertiary/aromatic N) is 2. The van der Waals surface area contributed by atoms with E-state index in [0.29, 0.717) is 11.4 Å². The lowest BCUT2D eigenvalue weighted by molar-refractivity contribution is 0.252. The molecule has 0 saturated carbocycles. The summed E-state index contributed by atoms with van der Waals surface area (Å²) in [6.07, 6.45) is 5.36. The van der Waals surface area contributed by atoms with Crippen LogP contribution in [0.25, 0.3) is 0 Å². The van der Waals surface area contributed by atoms with Crippen LogP contribution in [0.15, 0.2) is 47.8 Å². The first-order valence-electron chi connectivity index (χ1n) is 6.04. The highest BCUT2D eigenvalue weighted by Crippen LogP contribution is 2.22. The Bertz CT molecular complexity index is 619. The number of ether oxygens (including phenoxy) is 1.